The first kappa shape index (κ1) is 21.7. The van der Waals surface area contributed by atoms with E-state index < -0.39 is 0 Å². The van der Waals surface area contributed by atoms with E-state index in [-0.39, 0.29) is 11.9 Å². The summed E-state index contributed by atoms with van der Waals surface area (Å²) in [5.41, 5.74) is 3.09. The van der Waals surface area contributed by atoms with Crippen LogP contribution in [0.2, 0.25) is 0 Å². The second-order valence-electron chi connectivity index (χ2n) is 7.69. The number of nitrogens with zero attached hydrogens (tertiary/aromatic N) is 3. The standard InChI is InChI=1S/C24H33N5O/c1-4-19(2)27-23(30)21-12-10-20(11-13-21)18-26-24(25-3)29-16-14-28(15-17-29)22-8-6-5-7-9-22/h5-13,19H,4,14-18H2,1-3H3,(H,25,26)(H,27,30). The molecule has 2 aromatic rings. The van der Waals surface area contributed by atoms with Gasteiger partial charge >= 0.3 is 0 Å². The molecule has 2 aromatic carbocycles. The highest BCUT2D eigenvalue weighted by molar-refractivity contribution is 5.94. The van der Waals surface area contributed by atoms with Crippen LogP contribution >= 0.6 is 0 Å². The van der Waals surface area contributed by atoms with Crippen molar-refractivity contribution in [2.24, 2.45) is 4.99 Å². The average Bonchev–Trinajstić information content (AvgIpc) is 2.80. The van der Waals surface area contributed by atoms with Gasteiger partial charge in [-0.15, -0.1) is 0 Å². The average molecular weight is 408 g/mol. The fraction of sp³-hybridized carbons (Fsp3) is 0.417. The first-order valence-corrected chi connectivity index (χ1v) is 10.8. The maximum absolute atomic E-state index is 12.2. The van der Waals surface area contributed by atoms with Gasteiger partial charge in [0.05, 0.1) is 0 Å². The maximum atomic E-state index is 12.2. The summed E-state index contributed by atoms with van der Waals surface area (Å²) in [7, 11) is 1.83. The number of aliphatic imine (C=N–C) groups is 1. The van der Waals surface area contributed by atoms with Gasteiger partial charge in [-0.1, -0.05) is 37.3 Å². The van der Waals surface area contributed by atoms with E-state index in [1.807, 2.05) is 38.2 Å². The minimum absolute atomic E-state index is 0.0176. The van der Waals surface area contributed by atoms with Crippen LogP contribution in [-0.2, 0) is 6.54 Å². The van der Waals surface area contributed by atoms with Crippen molar-refractivity contribution in [3.8, 4) is 0 Å². The Kier molecular flexibility index (Phi) is 7.71. The van der Waals surface area contributed by atoms with Crippen molar-refractivity contribution >= 4 is 17.6 Å². The van der Waals surface area contributed by atoms with Gasteiger partial charge < -0.3 is 20.4 Å². The number of hydrogen-bond donors (Lipinski definition) is 2. The minimum Gasteiger partial charge on any atom is -0.368 e. The Morgan fingerprint density at radius 3 is 2.30 bits per heavy atom. The Bertz CT molecular complexity index is 826. The molecule has 6 heteroatoms. The second kappa shape index (κ2) is 10.7. The van der Waals surface area contributed by atoms with E-state index in [4.69, 9.17) is 0 Å². The van der Waals surface area contributed by atoms with Crippen LogP contribution in [0.3, 0.4) is 0 Å². The van der Waals surface area contributed by atoms with Crippen molar-refractivity contribution < 1.29 is 4.79 Å². The van der Waals surface area contributed by atoms with Gasteiger partial charge in [0.1, 0.15) is 0 Å². The highest BCUT2D eigenvalue weighted by Gasteiger charge is 2.19. The van der Waals surface area contributed by atoms with Crippen molar-refractivity contribution in [1.82, 2.24) is 15.5 Å². The normalized spacial score (nSPS) is 15.6. The molecular weight excluding hydrogens is 374 g/mol. The molecule has 0 radical (unpaired) electrons. The molecule has 6 nitrogen and oxygen atoms in total. The first-order chi connectivity index (χ1) is 14.6. The number of carbonyl (C=O) groups is 1. The largest absolute Gasteiger partial charge is 0.368 e. The molecule has 0 aliphatic carbocycles. The Morgan fingerprint density at radius 2 is 1.70 bits per heavy atom. The van der Waals surface area contributed by atoms with Gasteiger partial charge in [0.25, 0.3) is 5.91 Å². The van der Waals surface area contributed by atoms with E-state index >= 15 is 0 Å². The van der Waals surface area contributed by atoms with E-state index in [0.717, 1.165) is 44.1 Å². The van der Waals surface area contributed by atoms with Crippen molar-refractivity contribution in [3.63, 3.8) is 0 Å². The van der Waals surface area contributed by atoms with Gasteiger partial charge in [0, 0.05) is 57.1 Å². The number of hydrogen-bond acceptors (Lipinski definition) is 3. The fourth-order valence-corrected chi connectivity index (χ4v) is 3.51. The lowest BCUT2D eigenvalue weighted by atomic mass is 10.1. The number of para-hydroxylation sites is 1. The predicted octanol–water partition coefficient (Wildman–Crippen LogP) is 3.11. The van der Waals surface area contributed by atoms with E-state index in [2.05, 4.69) is 62.7 Å². The molecule has 1 heterocycles. The molecule has 0 aromatic heterocycles. The molecule has 1 amide bonds. The Hall–Kier alpha value is -3.02. The highest BCUT2D eigenvalue weighted by Crippen LogP contribution is 2.15. The molecule has 30 heavy (non-hydrogen) atoms. The lowest BCUT2D eigenvalue weighted by Gasteiger charge is -2.37. The van der Waals surface area contributed by atoms with Crippen molar-refractivity contribution in [1.29, 1.82) is 0 Å². The fourth-order valence-electron chi connectivity index (χ4n) is 3.51. The Labute approximate surface area is 180 Å². The van der Waals surface area contributed by atoms with E-state index in [1.165, 1.54) is 5.69 Å². The maximum Gasteiger partial charge on any atom is 0.251 e. The van der Waals surface area contributed by atoms with Crippen molar-refractivity contribution in [3.05, 3.63) is 65.7 Å². The number of benzene rings is 2. The topological polar surface area (TPSA) is 60.0 Å². The summed E-state index contributed by atoms with van der Waals surface area (Å²) in [6.45, 7) is 8.58. The first-order valence-electron chi connectivity index (χ1n) is 10.8. The van der Waals surface area contributed by atoms with Crippen molar-refractivity contribution in [2.75, 3.05) is 38.1 Å². The van der Waals surface area contributed by atoms with Gasteiger partial charge in [-0.25, -0.2) is 0 Å². The number of nitrogens with one attached hydrogen (secondary N) is 2. The molecule has 3 rings (SSSR count). The molecule has 1 atom stereocenters. The van der Waals surface area contributed by atoms with Crippen LogP contribution in [0.25, 0.3) is 0 Å². The third kappa shape index (κ3) is 5.75. The molecule has 0 saturated carbocycles. The lowest BCUT2D eigenvalue weighted by molar-refractivity contribution is 0.0939. The number of piperazine rings is 1. The van der Waals surface area contributed by atoms with Crippen LogP contribution in [0.4, 0.5) is 5.69 Å². The SMILES string of the molecule is CCC(C)NC(=O)c1ccc(CNC(=NC)N2CCN(c3ccccc3)CC2)cc1. The number of carbonyl (C=O) groups excluding carboxylic acids is 1. The third-order valence-electron chi connectivity index (χ3n) is 5.57. The molecule has 1 aliphatic heterocycles. The lowest BCUT2D eigenvalue weighted by Crippen LogP contribution is -2.52. The summed E-state index contributed by atoms with van der Waals surface area (Å²) in [6.07, 6.45) is 0.923. The quantitative estimate of drug-likeness (QED) is 0.571. The zero-order chi connectivity index (χ0) is 21.3. The number of anilines is 1. The predicted molar refractivity (Wildman–Crippen MR) is 124 cm³/mol. The summed E-state index contributed by atoms with van der Waals surface area (Å²) >= 11 is 0. The highest BCUT2D eigenvalue weighted by atomic mass is 16.1. The van der Waals surface area contributed by atoms with Crippen LogP contribution in [0.1, 0.15) is 36.2 Å². The third-order valence-corrected chi connectivity index (χ3v) is 5.57. The van der Waals surface area contributed by atoms with Crippen molar-refractivity contribution in [2.45, 2.75) is 32.9 Å². The summed E-state index contributed by atoms with van der Waals surface area (Å²) in [5.74, 6) is 0.900. The molecular formula is C24H33N5O. The zero-order valence-electron chi connectivity index (χ0n) is 18.3. The molecule has 1 aliphatic rings. The van der Waals surface area contributed by atoms with Gasteiger partial charge in [-0.2, -0.15) is 0 Å². The van der Waals surface area contributed by atoms with Crippen LogP contribution < -0.4 is 15.5 Å². The molecule has 0 bridgehead atoms. The minimum atomic E-state index is -0.0176. The second-order valence-corrected chi connectivity index (χ2v) is 7.69. The molecule has 1 unspecified atom stereocenters. The summed E-state index contributed by atoms with van der Waals surface area (Å²) in [6, 6.07) is 18.5. The Morgan fingerprint density at radius 1 is 1.03 bits per heavy atom. The molecule has 1 saturated heterocycles. The summed E-state index contributed by atoms with van der Waals surface area (Å²) < 4.78 is 0. The van der Waals surface area contributed by atoms with E-state index in [0.29, 0.717) is 12.1 Å². The van der Waals surface area contributed by atoms with Gasteiger partial charge in [-0.05, 0) is 43.2 Å². The number of guanidine groups is 1. The van der Waals surface area contributed by atoms with Gasteiger partial charge in [-0.3, -0.25) is 9.79 Å². The van der Waals surface area contributed by atoms with Gasteiger partial charge in [0.2, 0.25) is 0 Å². The number of amides is 1. The van der Waals surface area contributed by atoms with E-state index in [1.54, 1.807) is 0 Å². The molecule has 160 valence electrons. The number of rotatable bonds is 6. The molecule has 1 fully saturated rings. The van der Waals surface area contributed by atoms with Gasteiger partial charge in [0.15, 0.2) is 5.96 Å². The molecule has 2 N–H and O–H groups in total. The monoisotopic (exact) mass is 407 g/mol. The zero-order valence-corrected chi connectivity index (χ0v) is 18.3. The Balaban J connectivity index is 1.49. The van der Waals surface area contributed by atoms with E-state index in [9.17, 15) is 4.79 Å². The summed E-state index contributed by atoms with van der Waals surface area (Å²) in [5, 5.41) is 6.46. The van der Waals surface area contributed by atoms with Crippen LogP contribution in [0.15, 0.2) is 59.6 Å². The summed E-state index contributed by atoms with van der Waals surface area (Å²) in [4.78, 5) is 21.4. The van der Waals surface area contributed by atoms with Crippen LogP contribution in [0.5, 0.6) is 0 Å². The molecule has 0 spiro atoms. The van der Waals surface area contributed by atoms with Crippen LogP contribution in [-0.4, -0.2) is 56.0 Å². The smallest absolute Gasteiger partial charge is 0.251 e. The van der Waals surface area contributed by atoms with Crippen LogP contribution in [0, 0.1) is 0 Å².